The Bertz CT molecular complexity index is 223. The van der Waals surface area contributed by atoms with E-state index in [-0.39, 0.29) is 0 Å². The molecule has 0 fully saturated rings. The van der Waals surface area contributed by atoms with E-state index in [0.29, 0.717) is 5.92 Å². The van der Waals surface area contributed by atoms with Crippen LogP contribution in [0.2, 0.25) is 0 Å². The lowest BCUT2D eigenvalue weighted by Crippen LogP contribution is -2.01. The molecule has 1 aliphatic carbocycles. The van der Waals surface area contributed by atoms with Gasteiger partial charge in [0.2, 0.25) is 0 Å². The van der Waals surface area contributed by atoms with Crippen molar-refractivity contribution in [3.63, 3.8) is 0 Å². The molecule has 0 heterocycles. The molecule has 60 valence electrons. The molecule has 0 aromatic carbocycles. The maximum atomic E-state index is 10.6. The van der Waals surface area contributed by atoms with Crippen molar-refractivity contribution in [1.29, 1.82) is 0 Å². The maximum Gasteiger partial charge on any atom is 0.146 e. The highest BCUT2D eigenvalue weighted by Gasteiger charge is 2.22. The number of carbonyl (C=O) groups is 1. The van der Waals surface area contributed by atoms with E-state index in [2.05, 4.69) is 6.58 Å². The van der Waals surface area contributed by atoms with Crippen LogP contribution >= 0.6 is 0 Å². The van der Waals surface area contributed by atoms with Crippen LogP contribution in [0, 0.1) is 5.92 Å². The molecule has 1 rings (SSSR count). The van der Waals surface area contributed by atoms with E-state index in [1.54, 1.807) is 0 Å². The van der Waals surface area contributed by atoms with Crippen LogP contribution in [0.5, 0.6) is 0 Å². The molecule has 0 bridgehead atoms. The second kappa shape index (κ2) is 3.04. The number of aldehydes is 1. The summed E-state index contributed by atoms with van der Waals surface area (Å²) in [4.78, 5) is 10.6. The molecule has 1 atom stereocenters. The van der Waals surface area contributed by atoms with Gasteiger partial charge >= 0.3 is 0 Å². The molecular formula is C10H14O. The number of carbonyl (C=O) groups excluding carboxylic acids is 1. The first-order valence-corrected chi connectivity index (χ1v) is 3.97. The molecule has 0 radical (unpaired) electrons. The van der Waals surface area contributed by atoms with Crippen molar-refractivity contribution < 1.29 is 4.79 Å². The predicted molar refractivity (Wildman–Crippen MR) is 46.3 cm³/mol. The number of rotatable bonds is 2. The Kier molecular flexibility index (Phi) is 2.28. The van der Waals surface area contributed by atoms with Crippen molar-refractivity contribution >= 4 is 6.29 Å². The second-order valence-corrected chi connectivity index (χ2v) is 3.29. The van der Waals surface area contributed by atoms with Gasteiger partial charge in [0.05, 0.1) is 0 Å². The molecule has 1 unspecified atom stereocenters. The van der Waals surface area contributed by atoms with Gasteiger partial charge in [0.15, 0.2) is 0 Å². The lowest BCUT2D eigenvalue weighted by atomic mass is 9.95. The second-order valence-electron chi connectivity index (χ2n) is 3.29. The monoisotopic (exact) mass is 150 g/mol. The van der Waals surface area contributed by atoms with Gasteiger partial charge in [-0.05, 0) is 32.3 Å². The summed E-state index contributed by atoms with van der Waals surface area (Å²) in [5.41, 5.74) is 3.33. The SMILES string of the molecule is C=C(C)C1CCC(C)=C1C=O. The van der Waals surface area contributed by atoms with Crippen molar-refractivity contribution in [3.8, 4) is 0 Å². The third-order valence-corrected chi connectivity index (χ3v) is 2.40. The Morgan fingerprint density at radius 2 is 2.36 bits per heavy atom. The molecule has 0 aliphatic heterocycles. The van der Waals surface area contributed by atoms with Gasteiger partial charge in [-0.15, -0.1) is 0 Å². The Labute approximate surface area is 67.8 Å². The minimum Gasteiger partial charge on any atom is -0.298 e. The molecule has 0 spiro atoms. The molecule has 0 N–H and O–H groups in total. The standard InChI is InChI=1S/C10H14O/c1-7(2)9-5-4-8(3)10(9)6-11/h6,9H,1,4-5H2,2-3H3. The van der Waals surface area contributed by atoms with Crippen molar-refractivity contribution in [2.24, 2.45) is 5.92 Å². The lowest BCUT2D eigenvalue weighted by molar-refractivity contribution is -0.105. The van der Waals surface area contributed by atoms with Crippen LogP contribution in [0.4, 0.5) is 0 Å². The summed E-state index contributed by atoms with van der Waals surface area (Å²) >= 11 is 0. The van der Waals surface area contributed by atoms with Crippen molar-refractivity contribution in [1.82, 2.24) is 0 Å². The van der Waals surface area contributed by atoms with Crippen LogP contribution in [0.25, 0.3) is 0 Å². The maximum absolute atomic E-state index is 10.6. The average molecular weight is 150 g/mol. The fourth-order valence-electron chi connectivity index (χ4n) is 1.65. The van der Waals surface area contributed by atoms with Crippen molar-refractivity contribution in [3.05, 3.63) is 23.3 Å². The lowest BCUT2D eigenvalue weighted by Gasteiger charge is -2.09. The van der Waals surface area contributed by atoms with E-state index in [1.807, 2.05) is 13.8 Å². The van der Waals surface area contributed by atoms with Gasteiger partial charge in [-0.1, -0.05) is 17.7 Å². The van der Waals surface area contributed by atoms with E-state index < -0.39 is 0 Å². The fraction of sp³-hybridized carbons (Fsp3) is 0.500. The third-order valence-electron chi connectivity index (χ3n) is 2.40. The highest BCUT2D eigenvalue weighted by Crippen LogP contribution is 2.34. The summed E-state index contributed by atoms with van der Waals surface area (Å²) in [5, 5.41) is 0. The zero-order valence-electron chi connectivity index (χ0n) is 7.18. The van der Waals surface area contributed by atoms with Crippen LogP contribution in [0.15, 0.2) is 23.3 Å². The highest BCUT2D eigenvalue weighted by atomic mass is 16.1. The Hall–Kier alpha value is -0.850. The Morgan fingerprint density at radius 3 is 2.73 bits per heavy atom. The smallest absolute Gasteiger partial charge is 0.146 e. The Morgan fingerprint density at radius 1 is 1.73 bits per heavy atom. The molecule has 0 saturated heterocycles. The average Bonchev–Trinajstić information content (AvgIpc) is 2.30. The highest BCUT2D eigenvalue weighted by molar-refractivity contribution is 5.77. The number of hydrogen-bond acceptors (Lipinski definition) is 1. The van der Waals surface area contributed by atoms with E-state index in [9.17, 15) is 4.79 Å². The minimum atomic E-state index is 0.340. The summed E-state index contributed by atoms with van der Waals surface area (Å²) in [6.07, 6.45) is 3.13. The quantitative estimate of drug-likeness (QED) is 0.436. The molecule has 1 aliphatic rings. The van der Waals surface area contributed by atoms with E-state index in [4.69, 9.17) is 0 Å². The van der Waals surface area contributed by atoms with Gasteiger partial charge < -0.3 is 0 Å². The molecule has 1 heteroatoms. The van der Waals surface area contributed by atoms with Gasteiger partial charge in [-0.2, -0.15) is 0 Å². The predicted octanol–water partition coefficient (Wildman–Crippen LogP) is 2.49. The van der Waals surface area contributed by atoms with Gasteiger partial charge in [0.1, 0.15) is 6.29 Å². The van der Waals surface area contributed by atoms with Gasteiger partial charge in [-0.25, -0.2) is 0 Å². The van der Waals surface area contributed by atoms with Crippen molar-refractivity contribution in [2.45, 2.75) is 26.7 Å². The van der Waals surface area contributed by atoms with Crippen LogP contribution in [-0.4, -0.2) is 6.29 Å². The van der Waals surface area contributed by atoms with Crippen LogP contribution in [-0.2, 0) is 4.79 Å². The largest absolute Gasteiger partial charge is 0.298 e. The van der Waals surface area contributed by atoms with E-state index in [1.165, 1.54) is 5.57 Å². The summed E-state index contributed by atoms with van der Waals surface area (Å²) in [7, 11) is 0. The molecule has 1 nitrogen and oxygen atoms in total. The summed E-state index contributed by atoms with van der Waals surface area (Å²) < 4.78 is 0. The van der Waals surface area contributed by atoms with Crippen LogP contribution in [0.3, 0.4) is 0 Å². The molecular weight excluding hydrogens is 136 g/mol. The van der Waals surface area contributed by atoms with E-state index in [0.717, 1.165) is 30.3 Å². The Balaban J connectivity index is 2.88. The number of hydrogen-bond donors (Lipinski definition) is 0. The van der Waals surface area contributed by atoms with Crippen molar-refractivity contribution in [2.75, 3.05) is 0 Å². The molecule has 0 aromatic heterocycles. The zero-order chi connectivity index (χ0) is 8.43. The summed E-state index contributed by atoms with van der Waals surface area (Å²) in [6, 6.07) is 0. The minimum absolute atomic E-state index is 0.340. The topological polar surface area (TPSA) is 17.1 Å². The van der Waals surface area contributed by atoms with Gasteiger partial charge in [0.25, 0.3) is 0 Å². The summed E-state index contributed by atoms with van der Waals surface area (Å²) in [5.74, 6) is 0.340. The van der Waals surface area contributed by atoms with E-state index >= 15 is 0 Å². The molecule has 0 saturated carbocycles. The van der Waals surface area contributed by atoms with Gasteiger partial charge in [0, 0.05) is 5.92 Å². The molecule has 11 heavy (non-hydrogen) atoms. The molecule has 0 amide bonds. The first-order chi connectivity index (χ1) is 5.16. The van der Waals surface area contributed by atoms with Crippen LogP contribution in [0.1, 0.15) is 26.7 Å². The summed E-state index contributed by atoms with van der Waals surface area (Å²) in [6.45, 7) is 7.90. The molecule has 0 aromatic rings. The number of allylic oxidation sites excluding steroid dienone is 3. The third kappa shape index (κ3) is 1.42. The first-order valence-electron chi connectivity index (χ1n) is 3.97. The van der Waals surface area contributed by atoms with Gasteiger partial charge in [-0.3, -0.25) is 4.79 Å². The zero-order valence-corrected chi connectivity index (χ0v) is 7.18. The normalized spacial score (nSPS) is 24.0. The fourth-order valence-corrected chi connectivity index (χ4v) is 1.65. The van der Waals surface area contributed by atoms with Crippen LogP contribution < -0.4 is 0 Å². The first kappa shape index (κ1) is 8.25.